The third kappa shape index (κ3) is 1.85. The van der Waals surface area contributed by atoms with Gasteiger partial charge >= 0.3 is 0 Å². The minimum absolute atomic E-state index is 0.0680. The summed E-state index contributed by atoms with van der Waals surface area (Å²) in [5, 5.41) is 0. The molecule has 1 spiro atoms. The fraction of sp³-hybridized carbons (Fsp3) is 0.800. The number of ether oxygens (including phenoxy) is 1. The molecule has 0 bridgehead atoms. The summed E-state index contributed by atoms with van der Waals surface area (Å²) >= 11 is 0. The summed E-state index contributed by atoms with van der Waals surface area (Å²) in [6.07, 6.45) is 15.8. The van der Waals surface area contributed by atoms with Crippen molar-refractivity contribution >= 4 is 5.78 Å². The Bertz CT molecular complexity index is 788. The van der Waals surface area contributed by atoms with E-state index in [2.05, 4.69) is 19.1 Å². The van der Waals surface area contributed by atoms with Gasteiger partial charge in [0, 0.05) is 18.3 Å². The van der Waals surface area contributed by atoms with E-state index in [0.717, 1.165) is 67.3 Å². The SMILES string of the molecule is C[C@]12CC[C@@H]3C4=C(CC(=O)CC4)C[C@@H](C4CC4)[C@H]3[C@@H]1[C@H]1C[C@H]1[C@@]21C=CCO1. The predicted octanol–water partition coefficient (Wildman–Crippen LogP) is 5.09. The van der Waals surface area contributed by atoms with E-state index in [1.165, 1.54) is 38.5 Å². The van der Waals surface area contributed by atoms with E-state index in [1.54, 1.807) is 11.1 Å². The van der Waals surface area contributed by atoms with E-state index in [9.17, 15) is 4.79 Å². The third-order valence-electron chi connectivity index (χ3n) is 10.3. The molecule has 2 nitrogen and oxygen atoms in total. The number of hydrogen-bond donors (Lipinski definition) is 0. The minimum atomic E-state index is 0.0680. The van der Waals surface area contributed by atoms with Crippen LogP contribution in [-0.4, -0.2) is 18.0 Å². The quantitative estimate of drug-likeness (QED) is 0.606. The summed E-state index contributed by atoms with van der Waals surface area (Å²) in [5.41, 5.74) is 3.79. The van der Waals surface area contributed by atoms with Gasteiger partial charge in [-0.05, 0) is 86.4 Å². The van der Waals surface area contributed by atoms with Crippen LogP contribution >= 0.6 is 0 Å². The molecule has 0 unspecified atom stereocenters. The molecule has 0 aromatic carbocycles. The predicted molar refractivity (Wildman–Crippen MR) is 104 cm³/mol. The molecular weight excluding hydrogens is 332 g/mol. The molecule has 7 rings (SSSR count). The molecule has 4 saturated carbocycles. The second-order valence-corrected chi connectivity index (χ2v) is 11.2. The molecule has 0 amide bonds. The lowest BCUT2D eigenvalue weighted by Crippen LogP contribution is -2.55. The average molecular weight is 365 g/mol. The highest BCUT2D eigenvalue weighted by molar-refractivity contribution is 5.82. The summed E-state index contributed by atoms with van der Waals surface area (Å²) < 4.78 is 6.57. The molecule has 0 radical (unpaired) electrons. The van der Waals surface area contributed by atoms with Gasteiger partial charge in [0.1, 0.15) is 5.78 Å². The molecule has 27 heavy (non-hydrogen) atoms. The summed E-state index contributed by atoms with van der Waals surface area (Å²) in [6.45, 7) is 3.44. The molecule has 0 saturated heterocycles. The van der Waals surface area contributed by atoms with Crippen molar-refractivity contribution in [3.63, 3.8) is 0 Å². The molecule has 2 heteroatoms. The lowest BCUT2D eigenvalue weighted by atomic mass is 9.48. The van der Waals surface area contributed by atoms with Crippen molar-refractivity contribution in [1.82, 2.24) is 0 Å². The molecule has 0 aromatic heterocycles. The van der Waals surface area contributed by atoms with E-state index < -0.39 is 0 Å². The van der Waals surface area contributed by atoms with Crippen LogP contribution in [0.15, 0.2) is 23.3 Å². The summed E-state index contributed by atoms with van der Waals surface area (Å²) in [4.78, 5) is 12.2. The standard InChI is InChI=1S/C25H32O2/c1-24-9-7-18-17-6-5-16(26)11-15(17)12-19(14-3-4-14)22(18)23(24)20-13-21(20)25(24)8-2-10-27-25/h2,8,14,18-23H,3-7,9-13H2,1H3/t18-,19+,20+,21-,22+,23+,24+,25+/m1/s1. The fourth-order valence-corrected chi connectivity index (χ4v) is 9.21. The van der Waals surface area contributed by atoms with Gasteiger partial charge in [0.05, 0.1) is 12.2 Å². The van der Waals surface area contributed by atoms with Gasteiger partial charge in [0.15, 0.2) is 0 Å². The summed E-state index contributed by atoms with van der Waals surface area (Å²) in [6, 6.07) is 0. The van der Waals surface area contributed by atoms with Crippen LogP contribution in [0, 0.1) is 46.8 Å². The second kappa shape index (κ2) is 4.99. The van der Waals surface area contributed by atoms with Crippen LogP contribution in [-0.2, 0) is 9.53 Å². The maximum absolute atomic E-state index is 12.2. The zero-order valence-electron chi connectivity index (χ0n) is 16.6. The monoisotopic (exact) mass is 364 g/mol. The largest absolute Gasteiger partial charge is 0.366 e. The number of fused-ring (bicyclic) bond motifs is 8. The number of hydrogen-bond acceptors (Lipinski definition) is 2. The molecule has 6 aliphatic carbocycles. The van der Waals surface area contributed by atoms with Crippen molar-refractivity contribution in [2.75, 3.05) is 6.61 Å². The normalized spacial score (nSPS) is 55.4. The highest BCUT2D eigenvalue weighted by atomic mass is 16.5. The highest BCUT2D eigenvalue weighted by Gasteiger charge is 2.77. The molecule has 0 aromatic rings. The van der Waals surface area contributed by atoms with Gasteiger partial charge < -0.3 is 4.74 Å². The Balaban J connectivity index is 1.34. The van der Waals surface area contributed by atoms with Crippen LogP contribution in [0.5, 0.6) is 0 Å². The van der Waals surface area contributed by atoms with Crippen LogP contribution in [0.1, 0.15) is 64.7 Å². The number of carbonyl (C=O) groups excluding carboxylic acids is 1. The Labute approximate surface area is 162 Å². The average Bonchev–Trinajstić information content (AvgIpc) is 3.58. The first-order valence-electron chi connectivity index (χ1n) is 11.7. The van der Waals surface area contributed by atoms with E-state index >= 15 is 0 Å². The first-order chi connectivity index (χ1) is 13.1. The van der Waals surface area contributed by atoms with Gasteiger partial charge in [0.2, 0.25) is 0 Å². The molecule has 144 valence electrons. The van der Waals surface area contributed by atoms with Gasteiger partial charge in [-0.1, -0.05) is 30.2 Å². The second-order valence-electron chi connectivity index (χ2n) is 11.2. The third-order valence-corrected chi connectivity index (χ3v) is 10.3. The first-order valence-corrected chi connectivity index (χ1v) is 11.7. The van der Waals surface area contributed by atoms with Gasteiger partial charge in [-0.15, -0.1) is 0 Å². The molecule has 4 fully saturated rings. The zero-order valence-corrected chi connectivity index (χ0v) is 16.6. The maximum Gasteiger partial charge on any atom is 0.137 e. The van der Waals surface area contributed by atoms with Gasteiger partial charge in [-0.3, -0.25) is 4.79 Å². The van der Waals surface area contributed by atoms with Gasteiger partial charge in [0.25, 0.3) is 0 Å². The zero-order chi connectivity index (χ0) is 18.0. The Morgan fingerprint density at radius 2 is 2.04 bits per heavy atom. The number of allylic oxidation sites excluding steroid dienone is 2. The van der Waals surface area contributed by atoms with Crippen molar-refractivity contribution < 1.29 is 9.53 Å². The highest BCUT2D eigenvalue weighted by Crippen LogP contribution is 2.78. The van der Waals surface area contributed by atoms with Crippen LogP contribution in [0.3, 0.4) is 0 Å². The van der Waals surface area contributed by atoms with E-state index in [0.29, 0.717) is 11.2 Å². The smallest absolute Gasteiger partial charge is 0.137 e. The molecule has 7 aliphatic rings. The Morgan fingerprint density at radius 1 is 1.15 bits per heavy atom. The van der Waals surface area contributed by atoms with E-state index in [4.69, 9.17) is 4.74 Å². The molecule has 8 atom stereocenters. The topological polar surface area (TPSA) is 26.3 Å². The van der Waals surface area contributed by atoms with Crippen molar-refractivity contribution in [2.24, 2.45) is 46.8 Å². The van der Waals surface area contributed by atoms with Crippen molar-refractivity contribution in [1.29, 1.82) is 0 Å². The minimum Gasteiger partial charge on any atom is -0.366 e. The molecule has 0 N–H and O–H groups in total. The van der Waals surface area contributed by atoms with Gasteiger partial charge in [-0.2, -0.15) is 0 Å². The molecule has 1 heterocycles. The van der Waals surface area contributed by atoms with Gasteiger partial charge in [-0.25, -0.2) is 0 Å². The lowest BCUT2D eigenvalue weighted by Gasteiger charge is -2.58. The number of carbonyl (C=O) groups is 1. The van der Waals surface area contributed by atoms with Crippen LogP contribution < -0.4 is 0 Å². The summed E-state index contributed by atoms with van der Waals surface area (Å²) in [5.74, 6) is 6.59. The Hall–Kier alpha value is -0.890. The number of Topliss-reactive ketones (excluding diaryl/α,β-unsaturated/α-hetero) is 1. The van der Waals surface area contributed by atoms with Crippen molar-refractivity contribution in [3.8, 4) is 0 Å². The fourth-order valence-electron chi connectivity index (χ4n) is 9.21. The van der Waals surface area contributed by atoms with Crippen molar-refractivity contribution in [2.45, 2.75) is 70.3 Å². The number of ketones is 1. The molecular formula is C25H32O2. The Morgan fingerprint density at radius 3 is 2.81 bits per heavy atom. The Kier molecular flexibility index (Phi) is 2.95. The van der Waals surface area contributed by atoms with Crippen LogP contribution in [0.25, 0.3) is 0 Å². The maximum atomic E-state index is 12.2. The van der Waals surface area contributed by atoms with Crippen LogP contribution in [0.4, 0.5) is 0 Å². The lowest BCUT2D eigenvalue weighted by molar-refractivity contribution is -0.131. The number of rotatable bonds is 1. The van der Waals surface area contributed by atoms with E-state index in [1.807, 2.05) is 0 Å². The molecule has 1 aliphatic heterocycles. The van der Waals surface area contributed by atoms with Crippen molar-refractivity contribution in [3.05, 3.63) is 23.3 Å². The first kappa shape index (κ1) is 16.0. The summed E-state index contributed by atoms with van der Waals surface area (Å²) in [7, 11) is 0. The van der Waals surface area contributed by atoms with Crippen LogP contribution in [0.2, 0.25) is 0 Å². The van der Waals surface area contributed by atoms with E-state index in [-0.39, 0.29) is 5.60 Å².